The molecule has 2 N–H and O–H groups in total. The summed E-state index contributed by atoms with van der Waals surface area (Å²) >= 11 is 0. The molecule has 1 fully saturated rings. The first-order valence-corrected chi connectivity index (χ1v) is 8.51. The van der Waals surface area contributed by atoms with Gasteiger partial charge in [-0.05, 0) is 30.9 Å². The van der Waals surface area contributed by atoms with Crippen LogP contribution in [-0.4, -0.2) is 35.6 Å². The van der Waals surface area contributed by atoms with Crippen LogP contribution in [0.3, 0.4) is 0 Å². The van der Waals surface area contributed by atoms with E-state index in [4.69, 9.17) is 0 Å². The third-order valence-electron chi connectivity index (χ3n) is 4.83. The van der Waals surface area contributed by atoms with Crippen molar-refractivity contribution in [1.82, 2.24) is 5.32 Å². The number of benzene rings is 1. The smallest absolute Gasteiger partial charge is 0.227 e. The highest BCUT2D eigenvalue weighted by Crippen LogP contribution is 2.27. The van der Waals surface area contributed by atoms with E-state index in [1.54, 1.807) is 4.90 Å². The standard InChI is InChI=1S/C18H24N2O3/c21-16-8-4-2-6-14(16)19-17(22)11-12-20-15-7-3-1-5-13(15)9-10-18(20)23/h1,3,5,7,14,16,21H,2,4,6,8-12H2,(H,19,22). The topological polar surface area (TPSA) is 69.6 Å². The SMILES string of the molecule is O=C(CCN1C(=O)CCc2ccccc21)NC1CCCCC1O. The summed E-state index contributed by atoms with van der Waals surface area (Å²) in [6, 6.07) is 7.73. The molecule has 2 amide bonds. The third-order valence-corrected chi connectivity index (χ3v) is 4.83. The maximum absolute atomic E-state index is 12.2. The molecule has 1 aliphatic heterocycles. The summed E-state index contributed by atoms with van der Waals surface area (Å²) in [5, 5.41) is 12.8. The number of anilines is 1. The van der Waals surface area contributed by atoms with E-state index < -0.39 is 6.10 Å². The predicted octanol–water partition coefficient (Wildman–Crippen LogP) is 1.78. The molecule has 1 aromatic carbocycles. The first kappa shape index (κ1) is 16.0. The second kappa shape index (κ2) is 7.13. The van der Waals surface area contributed by atoms with Gasteiger partial charge in [-0.1, -0.05) is 31.0 Å². The van der Waals surface area contributed by atoms with Crippen molar-refractivity contribution in [3.63, 3.8) is 0 Å². The number of para-hydroxylation sites is 1. The quantitative estimate of drug-likeness (QED) is 0.889. The fourth-order valence-corrected chi connectivity index (χ4v) is 3.51. The van der Waals surface area contributed by atoms with Gasteiger partial charge in [0.1, 0.15) is 0 Å². The van der Waals surface area contributed by atoms with Gasteiger partial charge in [0.05, 0.1) is 12.1 Å². The summed E-state index contributed by atoms with van der Waals surface area (Å²) in [4.78, 5) is 26.0. The average Bonchev–Trinajstić information content (AvgIpc) is 2.56. The monoisotopic (exact) mass is 316 g/mol. The Hall–Kier alpha value is -1.88. The minimum Gasteiger partial charge on any atom is -0.391 e. The fourth-order valence-electron chi connectivity index (χ4n) is 3.51. The summed E-state index contributed by atoms with van der Waals surface area (Å²) in [6.07, 6.45) is 4.74. The van der Waals surface area contributed by atoms with Gasteiger partial charge in [0, 0.05) is 25.1 Å². The number of hydrogen-bond donors (Lipinski definition) is 2. The highest BCUT2D eigenvalue weighted by molar-refractivity contribution is 5.97. The Bertz CT molecular complexity index is 587. The van der Waals surface area contributed by atoms with E-state index >= 15 is 0 Å². The van der Waals surface area contributed by atoms with E-state index in [2.05, 4.69) is 5.32 Å². The molecule has 5 heteroatoms. The van der Waals surface area contributed by atoms with Gasteiger partial charge in [0.2, 0.25) is 11.8 Å². The molecule has 2 unspecified atom stereocenters. The summed E-state index contributed by atoms with van der Waals surface area (Å²) in [7, 11) is 0. The van der Waals surface area contributed by atoms with Crippen LogP contribution in [0.25, 0.3) is 0 Å². The number of nitrogens with zero attached hydrogens (tertiary/aromatic N) is 1. The van der Waals surface area contributed by atoms with Crippen LogP contribution in [-0.2, 0) is 16.0 Å². The van der Waals surface area contributed by atoms with Gasteiger partial charge in [-0.3, -0.25) is 9.59 Å². The maximum Gasteiger partial charge on any atom is 0.227 e. The Morgan fingerprint density at radius 3 is 2.83 bits per heavy atom. The molecule has 23 heavy (non-hydrogen) atoms. The van der Waals surface area contributed by atoms with Crippen LogP contribution in [0.15, 0.2) is 24.3 Å². The lowest BCUT2D eigenvalue weighted by Gasteiger charge is -2.30. The zero-order valence-electron chi connectivity index (χ0n) is 13.3. The fraction of sp³-hybridized carbons (Fsp3) is 0.556. The highest BCUT2D eigenvalue weighted by Gasteiger charge is 2.26. The molecule has 1 aliphatic carbocycles. The number of carbonyl (C=O) groups is 2. The van der Waals surface area contributed by atoms with Crippen LogP contribution in [0.5, 0.6) is 0 Å². The van der Waals surface area contributed by atoms with E-state index in [1.165, 1.54) is 0 Å². The van der Waals surface area contributed by atoms with Crippen molar-refractivity contribution in [1.29, 1.82) is 0 Å². The van der Waals surface area contributed by atoms with Gasteiger partial charge < -0.3 is 15.3 Å². The molecular weight excluding hydrogens is 292 g/mol. The molecule has 2 atom stereocenters. The van der Waals surface area contributed by atoms with Crippen LogP contribution in [0.4, 0.5) is 5.69 Å². The van der Waals surface area contributed by atoms with Crippen molar-refractivity contribution >= 4 is 17.5 Å². The zero-order valence-corrected chi connectivity index (χ0v) is 13.3. The van der Waals surface area contributed by atoms with E-state index in [9.17, 15) is 14.7 Å². The first-order chi connectivity index (χ1) is 11.1. The average molecular weight is 316 g/mol. The Morgan fingerprint density at radius 1 is 1.22 bits per heavy atom. The van der Waals surface area contributed by atoms with Crippen molar-refractivity contribution in [2.75, 3.05) is 11.4 Å². The minimum atomic E-state index is -0.440. The number of nitrogens with one attached hydrogen (secondary N) is 1. The highest BCUT2D eigenvalue weighted by atomic mass is 16.3. The largest absolute Gasteiger partial charge is 0.391 e. The number of aliphatic hydroxyl groups excluding tert-OH is 1. The maximum atomic E-state index is 12.2. The Kier molecular flexibility index (Phi) is 4.96. The van der Waals surface area contributed by atoms with Crippen molar-refractivity contribution in [2.24, 2.45) is 0 Å². The normalized spacial score (nSPS) is 24.2. The summed E-state index contributed by atoms with van der Waals surface area (Å²) in [5.74, 6) is -0.0130. The lowest BCUT2D eigenvalue weighted by molar-refractivity contribution is -0.123. The van der Waals surface area contributed by atoms with Gasteiger partial charge >= 0.3 is 0 Å². The van der Waals surface area contributed by atoms with Gasteiger partial charge in [0.15, 0.2) is 0 Å². The molecule has 1 heterocycles. The molecule has 124 valence electrons. The minimum absolute atomic E-state index is 0.0780. The second-order valence-corrected chi connectivity index (χ2v) is 6.45. The van der Waals surface area contributed by atoms with Gasteiger partial charge in [-0.15, -0.1) is 0 Å². The van der Waals surface area contributed by atoms with Crippen LogP contribution >= 0.6 is 0 Å². The van der Waals surface area contributed by atoms with E-state index in [0.717, 1.165) is 43.4 Å². The predicted molar refractivity (Wildman–Crippen MR) is 88.1 cm³/mol. The molecule has 1 saturated carbocycles. The molecular formula is C18H24N2O3. The number of carbonyl (C=O) groups excluding carboxylic acids is 2. The van der Waals surface area contributed by atoms with Crippen LogP contribution in [0.2, 0.25) is 0 Å². The zero-order chi connectivity index (χ0) is 16.2. The third kappa shape index (κ3) is 3.72. The van der Waals surface area contributed by atoms with Gasteiger partial charge in [-0.2, -0.15) is 0 Å². The molecule has 2 aliphatic rings. The van der Waals surface area contributed by atoms with Crippen LogP contribution in [0.1, 0.15) is 44.1 Å². The molecule has 0 aromatic heterocycles. The molecule has 1 aromatic rings. The lowest BCUT2D eigenvalue weighted by atomic mass is 9.92. The number of hydrogen-bond acceptors (Lipinski definition) is 3. The molecule has 5 nitrogen and oxygen atoms in total. The Balaban J connectivity index is 1.57. The number of rotatable bonds is 4. The van der Waals surface area contributed by atoms with Crippen molar-refractivity contribution < 1.29 is 14.7 Å². The van der Waals surface area contributed by atoms with E-state index in [0.29, 0.717) is 13.0 Å². The van der Waals surface area contributed by atoms with E-state index in [1.807, 2.05) is 24.3 Å². The van der Waals surface area contributed by atoms with Gasteiger partial charge in [-0.25, -0.2) is 0 Å². The molecule has 0 radical (unpaired) electrons. The summed E-state index contributed by atoms with van der Waals surface area (Å²) < 4.78 is 0. The Morgan fingerprint density at radius 2 is 2.00 bits per heavy atom. The molecule has 0 saturated heterocycles. The van der Waals surface area contributed by atoms with Crippen molar-refractivity contribution in [2.45, 2.75) is 57.1 Å². The van der Waals surface area contributed by atoms with E-state index in [-0.39, 0.29) is 24.3 Å². The van der Waals surface area contributed by atoms with Crippen LogP contribution < -0.4 is 10.2 Å². The first-order valence-electron chi connectivity index (χ1n) is 8.51. The van der Waals surface area contributed by atoms with Crippen molar-refractivity contribution in [3.8, 4) is 0 Å². The van der Waals surface area contributed by atoms with Gasteiger partial charge in [0.25, 0.3) is 0 Å². The molecule has 3 rings (SSSR count). The van der Waals surface area contributed by atoms with Crippen molar-refractivity contribution in [3.05, 3.63) is 29.8 Å². The summed E-state index contributed by atoms with van der Waals surface area (Å²) in [5.41, 5.74) is 2.09. The van der Waals surface area contributed by atoms with Crippen LogP contribution in [0, 0.1) is 0 Å². The number of aryl methyl sites for hydroxylation is 1. The summed E-state index contributed by atoms with van der Waals surface area (Å²) in [6.45, 7) is 0.393. The lowest BCUT2D eigenvalue weighted by Crippen LogP contribution is -2.46. The molecule has 0 bridgehead atoms. The second-order valence-electron chi connectivity index (χ2n) is 6.45. The molecule has 0 spiro atoms. The number of aliphatic hydroxyl groups is 1. The Labute approximate surface area is 136 Å². The number of fused-ring (bicyclic) bond motifs is 1. The number of amides is 2.